The molecule has 0 aliphatic carbocycles. The van der Waals surface area contributed by atoms with Crippen LogP contribution in [0.1, 0.15) is 39.5 Å². The van der Waals surface area contributed by atoms with E-state index in [2.05, 4.69) is 20.5 Å². The molecule has 0 spiro atoms. The van der Waals surface area contributed by atoms with Crippen LogP contribution in [0, 0.1) is 27.7 Å². The molecule has 0 unspecified atom stereocenters. The fourth-order valence-corrected chi connectivity index (χ4v) is 6.58. The summed E-state index contributed by atoms with van der Waals surface area (Å²) in [5, 5.41) is 11.3. The highest BCUT2D eigenvalue weighted by molar-refractivity contribution is 7.89. The first-order valence-electron chi connectivity index (χ1n) is 12.8. The van der Waals surface area contributed by atoms with Crippen LogP contribution in [0.25, 0.3) is 16.6 Å². The molecule has 2 amide bonds. The number of hydrogen-bond donors (Lipinski definition) is 4. The number of nitrogens with zero attached hydrogens (tertiary/aromatic N) is 2. The third kappa shape index (κ3) is 6.32. The van der Waals surface area contributed by atoms with Crippen LogP contribution in [0.2, 0.25) is 0 Å². The molecule has 10 nitrogen and oxygen atoms in total. The molecule has 0 aliphatic rings. The average molecular weight is 563 g/mol. The molecule has 210 valence electrons. The van der Waals surface area contributed by atoms with Gasteiger partial charge in [-0.1, -0.05) is 23.8 Å². The first-order valence-corrected chi connectivity index (χ1v) is 14.3. The van der Waals surface area contributed by atoms with Gasteiger partial charge in [-0.05, 0) is 81.6 Å². The minimum absolute atomic E-state index is 0.249. The fraction of sp³-hybridized carbons (Fsp3) is 0.276. The van der Waals surface area contributed by atoms with Crippen molar-refractivity contribution in [1.29, 1.82) is 0 Å². The molecular formula is C29H34N6O4S. The molecule has 3 aromatic carbocycles. The highest BCUT2D eigenvalue weighted by atomic mass is 32.2. The van der Waals surface area contributed by atoms with Gasteiger partial charge in [0.05, 0.1) is 28.8 Å². The molecule has 0 radical (unpaired) electrons. The van der Waals surface area contributed by atoms with Crippen LogP contribution in [0.3, 0.4) is 0 Å². The number of fused-ring (bicyclic) bond motifs is 1. The van der Waals surface area contributed by atoms with Gasteiger partial charge in [0.1, 0.15) is 0 Å². The van der Waals surface area contributed by atoms with Crippen LogP contribution in [0.5, 0.6) is 0 Å². The monoisotopic (exact) mass is 562 g/mol. The van der Waals surface area contributed by atoms with E-state index < -0.39 is 27.9 Å². The topological polar surface area (TPSA) is 148 Å². The molecule has 11 heteroatoms. The number of carbonyl (C=O) groups excluding carboxylic acids is 2. The molecule has 0 fully saturated rings. The maximum atomic E-state index is 13.2. The van der Waals surface area contributed by atoms with Gasteiger partial charge in [-0.2, -0.15) is 5.10 Å². The average Bonchev–Trinajstić information content (AvgIpc) is 3.28. The molecule has 40 heavy (non-hydrogen) atoms. The Hall–Kier alpha value is -4.22. The van der Waals surface area contributed by atoms with Gasteiger partial charge in [-0.25, -0.2) is 17.8 Å². The van der Waals surface area contributed by atoms with Crippen molar-refractivity contribution in [2.24, 2.45) is 5.73 Å². The predicted octanol–water partition coefficient (Wildman–Crippen LogP) is 3.25. The van der Waals surface area contributed by atoms with Crippen LogP contribution in [-0.2, 0) is 14.8 Å². The van der Waals surface area contributed by atoms with Gasteiger partial charge in [0, 0.05) is 29.2 Å². The largest absolute Gasteiger partial charge is 0.383 e. The Morgan fingerprint density at radius 1 is 1.00 bits per heavy atom. The van der Waals surface area contributed by atoms with E-state index >= 15 is 0 Å². The molecule has 0 saturated heterocycles. The summed E-state index contributed by atoms with van der Waals surface area (Å²) >= 11 is 0. The quantitative estimate of drug-likeness (QED) is 0.233. The second-order valence-electron chi connectivity index (χ2n) is 10.1. The van der Waals surface area contributed by atoms with E-state index in [4.69, 9.17) is 5.73 Å². The third-order valence-electron chi connectivity index (χ3n) is 6.44. The number of benzene rings is 3. The summed E-state index contributed by atoms with van der Waals surface area (Å²) in [5.74, 6) is -1.04. The standard InChI is InChI=1S/C29H34N6O4S/c1-17-9-19(3)28(20(4)10-17)40(38,39)34-21(5)14-31-25-11-18(2)12-26-24(25)15-33-35(26)23-8-6-7-22(13-23)29(37)32-16-27(30)36/h6-13,15,21,31,34H,14,16H2,1-5H3,(H2,30,36)(H,32,37)/t21-/m0/s1. The lowest BCUT2D eigenvalue weighted by molar-refractivity contribution is -0.117. The number of nitrogens with two attached hydrogens (primary N) is 1. The Labute approximate surface area is 234 Å². The van der Waals surface area contributed by atoms with Crippen LogP contribution in [0.4, 0.5) is 5.69 Å². The molecule has 1 atom stereocenters. The first kappa shape index (κ1) is 28.8. The number of carbonyl (C=O) groups is 2. The van der Waals surface area contributed by atoms with Crippen molar-refractivity contribution in [3.05, 3.63) is 82.5 Å². The Kier molecular flexibility index (Phi) is 8.26. The van der Waals surface area contributed by atoms with Gasteiger partial charge in [-0.15, -0.1) is 0 Å². The van der Waals surface area contributed by atoms with Gasteiger partial charge >= 0.3 is 0 Å². The van der Waals surface area contributed by atoms with E-state index in [0.717, 1.165) is 27.7 Å². The number of aryl methyl sites for hydroxylation is 4. The maximum Gasteiger partial charge on any atom is 0.251 e. The number of sulfonamides is 1. The van der Waals surface area contributed by atoms with E-state index in [9.17, 15) is 18.0 Å². The predicted molar refractivity (Wildman–Crippen MR) is 156 cm³/mol. The van der Waals surface area contributed by atoms with Gasteiger partial charge in [0.2, 0.25) is 15.9 Å². The van der Waals surface area contributed by atoms with Crippen molar-refractivity contribution in [3.8, 4) is 5.69 Å². The maximum absolute atomic E-state index is 13.2. The third-order valence-corrected chi connectivity index (χ3v) is 8.33. The van der Waals surface area contributed by atoms with Crippen molar-refractivity contribution in [2.45, 2.75) is 45.6 Å². The molecule has 4 rings (SSSR count). The van der Waals surface area contributed by atoms with Crippen LogP contribution >= 0.6 is 0 Å². The Morgan fingerprint density at radius 3 is 2.35 bits per heavy atom. The number of hydrogen-bond acceptors (Lipinski definition) is 6. The summed E-state index contributed by atoms with van der Waals surface area (Å²) in [7, 11) is -3.71. The summed E-state index contributed by atoms with van der Waals surface area (Å²) in [6, 6.07) is 14.2. The van der Waals surface area contributed by atoms with E-state index in [1.54, 1.807) is 29.1 Å². The minimum Gasteiger partial charge on any atom is -0.383 e. The van der Waals surface area contributed by atoms with Gasteiger partial charge < -0.3 is 16.4 Å². The zero-order valence-corrected chi connectivity index (χ0v) is 24.0. The summed E-state index contributed by atoms with van der Waals surface area (Å²) in [6.07, 6.45) is 1.73. The van der Waals surface area contributed by atoms with E-state index in [1.807, 2.05) is 65.0 Å². The highest BCUT2D eigenvalue weighted by Gasteiger charge is 2.22. The lowest BCUT2D eigenvalue weighted by atomic mass is 10.1. The minimum atomic E-state index is -3.71. The van der Waals surface area contributed by atoms with Crippen LogP contribution in [-0.4, -0.2) is 49.1 Å². The Morgan fingerprint density at radius 2 is 1.68 bits per heavy atom. The number of anilines is 1. The van der Waals surface area contributed by atoms with Crippen molar-refractivity contribution in [2.75, 3.05) is 18.4 Å². The SMILES string of the molecule is Cc1cc(C)c(S(=O)(=O)N[C@@H](C)CNc2cc(C)cc3c2cnn3-c2cccc(C(=O)NCC(N)=O)c2)c(C)c1. The molecule has 1 heterocycles. The highest BCUT2D eigenvalue weighted by Crippen LogP contribution is 2.28. The number of primary amides is 1. The lowest BCUT2D eigenvalue weighted by Crippen LogP contribution is -2.38. The molecule has 4 aromatic rings. The van der Waals surface area contributed by atoms with Crippen molar-refractivity contribution >= 4 is 38.4 Å². The van der Waals surface area contributed by atoms with Crippen LogP contribution in [0.15, 0.2) is 59.6 Å². The van der Waals surface area contributed by atoms with Gasteiger partial charge in [-0.3, -0.25) is 9.59 Å². The smallest absolute Gasteiger partial charge is 0.251 e. The summed E-state index contributed by atoms with van der Waals surface area (Å²) < 4.78 is 30.9. The molecule has 0 bridgehead atoms. The number of amides is 2. The Bertz CT molecular complexity index is 1690. The van der Waals surface area contributed by atoms with Gasteiger partial charge in [0.15, 0.2) is 0 Å². The second kappa shape index (κ2) is 11.5. The van der Waals surface area contributed by atoms with Crippen LogP contribution < -0.4 is 21.1 Å². The second-order valence-corrected chi connectivity index (χ2v) is 11.8. The van der Waals surface area contributed by atoms with Crippen molar-refractivity contribution in [1.82, 2.24) is 19.8 Å². The van der Waals surface area contributed by atoms with E-state index in [-0.39, 0.29) is 6.54 Å². The summed E-state index contributed by atoms with van der Waals surface area (Å²) in [6.45, 7) is 9.44. The molecule has 0 aliphatic heterocycles. The Balaban J connectivity index is 1.55. The normalized spacial score (nSPS) is 12.3. The zero-order valence-electron chi connectivity index (χ0n) is 23.2. The molecule has 1 aromatic heterocycles. The summed E-state index contributed by atoms with van der Waals surface area (Å²) in [5.41, 5.74) is 11.2. The lowest BCUT2D eigenvalue weighted by Gasteiger charge is -2.19. The fourth-order valence-electron chi connectivity index (χ4n) is 4.89. The van der Waals surface area contributed by atoms with Crippen molar-refractivity contribution in [3.63, 3.8) is 0 Å². The number of aromatic nitrogens is 2. The van der Waals surface area contributed by atoms with E-state index in [0.29, 0.717) is 33.8 Å². The molecule has 0 saturated carbocycles. The zero-order chi connectivity index (χ0) is 29.2. The van der Waals surface area contributed by atoms with Gasteiger partial charge in [0.25, 0.3) is 5.91 Å². The summed E-state index contributed by atoms with van der Waals surface area (Å²) in [4.78, 5) is 23.8. The van der Waals surface area contributed by atoms with E-state index in [1.165, 1.54) is 0 Å². The number of nitrogens with one attached hydrogen (secondary N) is 3. The molecule has 5 N–H and O–H groups in total. The first-order chi connectivity index (χ1) is 18.9. The number of rotatable bonds is 10. The van der Waals surface area contributed by atoms with Crippen molar-refractivity contribution < 1.29 is 18.0 Å². The molecular weight excluding hydrogens is 528 g/mol.